The molecule has 0 bridgehead atoms. The molecule has 0 unspecified atom stereocenters. The summed E-state index contributed by atoms with van der Waals surface area (Å²) in [6.07, 6.45) is 0. The summed E-state index contributed by atoms with van der Waals surface area (Å²) in [5.74, 6) is 1.26. The van der Waals surface area contributed by atoms with Gasteiger partial charge in [-0.25, -0.2) is 0 Å². The van der Waals surface area contributed by atoms with Gasteiger partial charge in [0.2, 0.25) is 0 Å². The number of hydrogen-bond acceptors (Lipinski definition) is 3. The molecule has 5 nitrogen and oxygen atoms in total. The van der Waals surface area contributed by atoms with Crippen molar-refractivity contribution in [2.75, 3.05) is 12.8 Å². The fourth-order valence-corrected chi connectivity index (χ4v) is 2.16. The minimum absolute atomic E-state index is 0.467. The highest BCUT2D eigenvalue weighted by Gasteiger charge is 2.11. The Hall–Kier alpha value is -2.43. The van der Waals surface area contributed by atoms with Crippen molar-refractivity contribution in [1.82, 2.24) is 15.2 Å². The summed E-state index contributed by atoms with van der Waals surface area (Å²) in [4.78, 5) is 3.31. The molecule has 2 heterocycles. The number of nitrogen functional groups attached to an aromatic ring is 1. The minimum atomic E-state index is 0.467. The predicted molar refractivity (Wildman–Crippen MR) is 71.6 cm³/mol. The molecule has 0 aliphatic rings. The molecule has 1 aromatic carbocycles. The highest BCUT2D eigenvalue weighted by molar-refractivity contribution is 5.88. The molecule has 0 aliphatic heterocycles. The van der Waals surface area contributed by atoms with E-state index in [0.29, 0.717) is 5.82 Å². The number of aryl methyl sites for hydroxylation is 1. The summed E-state index contributed by atoms with van der Waals surface area (Å²) < 4.78 is 5.42. The van der Waals surface area contributed by atoms with Crippen molar-refractivity contribution in [3.8, 4) is 17.0 Å². The molecular weight excluding hydrogens is 228 g/mol. The van der Waals surface area contributed by atoms with Crippen LogP contribution in [0.15, 0.2) is 24.3 Å². The van der Waals surface area contributed by atoms with Crippen LogP contribution in [0.4, 0.5) is 5.82 Å². The summed E-state index contributed by atoms with van der Waals surface area (Å²) in [7, 11) is 1.66. The van der Waals surface area contributed by atoms with E-state index >= 15 is 0 Å². The maximum absolute atomic E-state index is 5.63. The predicted octanol–water partition coefficient (Wildman–Crippen LogP) is 2.46. The van der Waals surface area contributed by atoms with E-state index < -0.39 is 0 Å². The average Bonchev–Trinajstić information content (AvgIpc) is 2.91. The standard InChI is InChI=1S/C13H14N4O/c1-7-3-8-4-12(18-2)9(5-10(8)15-7)11-6-13(14)17-16-11/h3-6,15H,1-2H3,(H3,14,16,17). The van der Waals surface area contributed by atoms with E-state index in [1.54, 1.807) is 13.2 Å². The van der Waals surface area contributed by atoms with Gasteiger partial charge in [0, 0.05) is 28.2 Å². The number of benzene rings is 1. The molecule has 0 fully saturated rings. The Morgan fingerprint density at radius 2 is 2.06 bits per heavy atom. The van der Waals surface area contributed by atoms with Gasteiger partial charge < -0.3 is 15.5 Å². The van der Waals surface area contributed by atoms with Crippen LogP contribution < -0.4 is 10.5 Å². The van der Waals surface area contributed by atoms with Crippen LogP contribution in [0, 0.1) is 6.92 Å². The van der Waals surface area contributed by atoms with Gasteiger partial charge in [-0.05, 0) is 25.1 Å². The Bertz CT molecular complexity index is 711. The summed E-state index contributed by atoms with van der Waals surface area (Å²) >= 11 is 0. The second kappa shape index (κ2) is 3.80. The molecule has 0 spiro atoms. The van der Waals surface area contributed by atoms with Crippen LogP contribution >= 0.6 is 0 Å². The lowest BCUT2D eigenvalue weighted by Gasteiger charge is -2.06. The normalized spacial score (nSPS) is 11.0. The average molecular weight is 242 g/mol. The van der Waals surface area contributed by atoms with Crippen molar-refractivity contribution in [1.29, 1.82) is 0 Å². The Morgan fingerprint density at radius 3 is 2.72 bits per heavy atom. The van der Waals surface area contributed by atoms with Gasteiger partial charge in [-0.15, -0.1) is 0 Å². The number of rotatable bonds is 2. The Labute approximate surface area is 104 Å². The zero-order valence-electron chi connectivity index (χ0n) is 10.2. The molecule has 0 saturated carbocycles. The van der Waals surface area contributed by atoms with Crippen LogP contribution in [0.2, 0.25) is 0 Å². The zero-order valence-corrected chi connectivity index (χ0v) is 10.2. The van der Waals surface area contributed by atoms with Crippen molar-refractivity contribution in [3.63, 3.8) is 0 Å². The monoisotopic (exact) mass is 242 g/mol. The van der Waals surface area contributed by atoms with Crippen molar-refractivity contribution in [2.45, 2.75) is 6.92 Å². The van der Waals surface area contributed by atoms with Crippen LogP contribution in [0.25, 0.3) is 22.2 Å². The van der Waals surface area contributed by atoms with Crippen LogP contribution in [0.1, 0.15) is 5.69 Å². The number of hydrogen-bond donors (Lipinski definition) is 3. The number of anilines is 1. The number of H-pyrrole nitrogens is 2. The van der Waals surface area contributed by atoms with Gasteiger partial charge in [0.25, 0.3) is 0 Å². The largest absolute Gasteiger partial charge is 0.496 e. The third-order valence-corrected chi connectivity index (χ3v) is 2.96. The highest BCUT2D eigenvalue weighted by atomic mass is 16.5. The summed E-state index contributed by atoms with van der Waals surface area (Å²) in [6.45, 7) is 2.03. The van der Waals surface area contributed by atoms with Crippen LogP contribution in [-0.4, -0.2) is 22.3 Å². The molecule has 0 atom stereocenters. The smallest absolute Gasteiger partial charge is 0.145 e. The topological polar surface area (TPSA) is 79.7 Å². The van der Waals surface area contributed by atoms with Gasteiger partial charge in [-0.2, -0.15) is 5.10 Å². The van der Waals surface area contributed by atoms with E-state index in [4.69, 9.17) is 10.5 Å². The van der Waals surface area contributed by atoms with Gasteiger partial charge in [0.15, 0.2) is 0 Å². The highest BCUT2D eigenvalue weighted by Crippen LogP contribution is 2.33. The van der Waals surface area contributed by atoms with Crippen molar-refractivity contribution >= 4 is 16.7 Å². The Morgan fingerprint density at radius 1 is 1.22 bits per heavy atom. The summed E-state index contributed by atoms with van der Waals surface area (Å²) in [6, 6.07) is 7.92. The second-order valence-electron chi connectivity index (χ2n) is 4.30. The van der Waals surface area contributed by atoms with Gasteiger partial charge in [-0.1, -0.05) is 0 Å². The van der Waals surface area contributed by atoms with Crippen LogP contribution in [0.5, 0.6) is 5.75 Å². The molecule has 0 amide bonds. The van der Waals surface area contributed by atoms with E-state index in [1.807, 2.05) is 19.1 Å². The number of nitrogens with one attached hydrogen (secondary N) is 2. The quantitative estimate of drug-likeness (QED) is 0.645. The maximum Gasteiger partial charge on any atom is 0.145 e. The fraction of sp³-hybridized carbons (Fsp3) is 0.154. The fourth-order valence-electron chi connectivity index (χ4n) is 2.16. The lowest BCUT2D eigenvalue weighted by atomic mass is 10.1. The maximum atomic E-state index is 5.63. The molecule has 5 heteroatoms. The van der Waals surface area contributed by atoms with Crippen LogP contribution in [-0.2, 0) is 0 Å². The lowest BCUT2D eigenvalue weighted by molar-refractivity contribution is 0.417. The lowest BCUT2D eigenvalue weighted by Crippen LogP contribution is -1.88. The zero-order chi connectivity index (χ0) is 12.7. The molecule has 18 heavy (non-hydrogen) atoms. The SMILES string of the molecule is COc1cc2cc(C)[nH]c2cc1-c1cc(N)n[nH]1. The van der Waals surface area contributed by atoms with Gasteiger partial charge >= 0.3 is 0 Å². The number of ether oxygens (including phenoxy) is 1. The molecule has 2 aromatic heterocycles. The van der Waals surface area contributed by atoms with Gasteiger partial charge in [0.1, 0.15) is 11.6 Å². The first-order valence-corrected chi connectivity index (χ1v) is 5.66. The third kappa shape index (κ3) is 1.60. The molecule has 4 N–H and O–H groups in total. The molecule has 3 aromatic rings. The first-order valence-electron chi connectivity index (χ1n) is 5.66. The Kier molecular flexibility index (Phi) is 2.26. The molecular formula is C13H14N4O. The number of aromatic nitrogens is 3. The molecule has 3 rings (SSSR count). The second-order valence-corrected chi connectivity index (χ2v) is 4.30. The number of nitrogens with zero attached hydrogens (tertiary/aromatic N) is 1. The Balaban J connectivity index is 2.26. The van der Waals surface area contributed by atoms with Crippen LogP contribution in [0.3, 0.4) is 0 Å². The number of aromatic amines is 2. The van der Waals surface area contributed by atoms with Crippen molar-refractivity contribution in [3.05, 3.63) is 30.0 Å². The van der Waals surface area contributed by atoms with E-state index in [1.165, 1.54) is 0 Å². The molecule has 0 radical (unpaired) electrons. The molecule has 0 aliphatic carbocycles. The first kappa shape index (κ1) is 10.7. The number of fused-ring (bicyclic) bond motifs is 1. The van der Waals surface area contributed by atoms with E-state index in [9.17, 15) is 0 Å². The van der Waals surface area contributed by atoms with Gasteiger partial charge in [-0.3, -0.25) is 5.10 Å². The summed E-state index contributed by atoms with van der Waals surface area (Å²) in [5, 5.41) is 7.97. The van der Waals surface area contributed by atoms with E-state index in [0.717, 1.165) is 33.6 Å². The number of methoxy groups -OCH3 is 1. The molecule has 92 valence electrons. The van der Waals surface area contributed by atoms with Crippen molar-refractivity contribution < 1.29 is 4.74 Å². The molecule has 0 saturated heterocycles. The third-order valence-electron chi connectivity index (χ3n) is 2.96. The number of nitrogens with two attached hydrogens (primary N) is 1. The minimum Gasteiger partial charge on any atom is -0.496 e. The summed E-state index contributed by atoms with van der Waals surface area (Å²) in [5.41, 5.74) is 9.60. The van der Waals surface area contributed by atoms with E-state index in [2.05, 4.69) is 21.2 Å². The van der Waals surface area contributed by atoms with Crippen molar-refractivity contribution in [2.24, 2.45) is 0 Å². The van der Waals surface area contributed by atoms with E-state index in [-0.39, 0.29) is 0 Å². The van der Waals surface area contributed by atoms with Gasteiger partial charge in [0.05, 0.1) is 12.8 Å². The first-order chi connectivity index (χ1) is 8.67.